The largest absolute Gasteiger partial charge is 0.507 e. The minimum absolute atomic E-state index is 0.0901. The number of hydrogen-bond acceptors (Lipinski definition) is 6. The molecule has 2 saturated heterocycles. The Labute approximate surface area is 180 Å². The lowest BCUT2D eigenvalue weighted by molar-refractivity contribution is 0.0881. The van der Waals surface area contributed by atoms with Gasteiger partial charge in [0.1, 0.15) is 11.9 Å². The summed E-state index contributed by atoms with van der Waals surface area (Å²) in [6, 6.07) is 13.4. The quantitative estimate of drug-likeness (QED) is 0.676. The summed E-state index contributed by atoms with van der Waals surface area (Å²) >= 11 is 0. The van der Waals surface area contributed by atoms with E-state index >= 15 is 0 Å². The standard InChI is InChI=1S/C24H26N4O3/c1-28-10-9-16(12-24(28)30)15-5-6-20(22(29)11-15)21-7-8-23(27-26-21)31-19-13-17-3-2-4-18(14-19)25-17/h5-12,17-19,25,29H,2-4,13-14H2,1H3. The molecule has 1 aromatic carbocycles. The van der Waals surface area contributed by atoms with Crippen molar-refractivity contribution in [1.29, 1.82) is 0 Å². The Balaban J connectivity index is 1.31. The van der Waals surface area contributed by atoms with Crippen LogP contribution >= 0.6 is 0 Å². The maximum atomic E-state index is 11.9. The lowest BCUT2D eigenvalue weighted by Crippen LogP contribution is -2.51. The molecule has 5 rings (SSSR count). The van der Waals surface area contributed by atoms with Crippen molar-refractivity contribution in [2.75, 3.05) is 0 Å². The number of rotatable bonds is 4. The van der Waals surface area contributed by atoms with E-state index in [1.54, 1.807) is 31.4 Å². The molecule has 0 saturated carbocycles. The number of hydrogen-bond donors (Lipinski definition) is 2. The molecule has 2 bridgehead atoms. The number of aromatic nitrogens is 3. The van der Waals surface area contributed by atoms with Gasteiger partial charge >= 0.3 is 0 Å². The van der Waals surface area contributed by atoms with E-state index < -0.39 is 0 Å². The molecule has 7 heteroatoms. The SMILES string of the molecule is Cn1ccc(-c2ccc(-c3ccc(OC4CC5CCCC(C4)N5)nn3)c(O)c2)cc1=O. The van der Waals surface area contributed by atoms with Crippen molar-refractivity contribution >= 4 is 0 Å². The number of phenols is 1. The minimum Gasteiger partial charge on any atom is -0.507 e. The first-order valence-electron chi connectivity index (χ1n) is 10.8. The molecule has 160 valence electrons. The highest BCUT2D eigenvalue weighted by Gasteiger charge is 2.32. The van der Waals surface area contributed by atoms with Crippen LogP contribution in [0.5, 0.6) is 11.6 Å². The summed E-state index contributed by atoms with van der Waals surface area (Å²) in [5.41, 5.74) is 2.58. The summed E-state index contributed by atoms with van der Waals surface area (Å²) in [6.07, 6.45) is 7.62. The van der Waals surface area contributed by atoms with Gasteiger partial charge in [-0.15, -0.1) is 10.2 Å². The van der Waals surface area contributed by atoms with Crippen LogP contribution in [0, 0.1) is 0 Å². The first kappa shape index (κ1) is 19.8. The van der Waals surface area contributed by atoms with Gasteiger partial charge in [-0.1, -0.05) is 12.5 Å². The molecule has 0 radical (unpaired) electrons. The van der Waals surface area contributed by atoms with E-state index in [0.717, 1.165) is 24.0 Å². The van der Waals surface area contributed by atoms with Crippen LogP contribution in [0.25, 0.3) is 22.4 Å². The van der Waals surface area contributed by atoms with Crippen molar-refractivity contribution in [3.8, 4) is 34.0 Å². The van der Waals surface area contributed by atoms with Crippen LogP contribution in [0.4, 0.5) is 0 Å². The van der Waals surface area contributed by atoms with Crippen LogP contribution in [0.1, 0.15) is 32.1 Å². The normalized spacial score (nSPS) is 22.8. The Kier molecular flexibility index (Phi) is 5.19. The molecule has 0 spiro atoms. The minimum atomic E-state index is -0.0973. The summed E-state index contributed by atoms with van der Waals surface area (Å²) in [7, 11) is 1.70. The van der Waals surface area contributed by atoms with Crippen molar-refractivity contribution in [2.45, 2.75) is 50.3 Å². The average Bonchev–Trinajstić information content (AvgIpc) is 2.76. The fraction of sp³-hybridized carbons (Fsp3) is 0.375. The molecular weight excluding hydrogens is 392 g/mol. The number of piperidine rings is 2. The first-order chi connectivity index (χ1) is 15.0. The third kappa shape index (κ3) is 4.18. The lowest BCUT2D eigenvalue weighted by atomic mass is 9.85. The number of pyridine rings is 1. The monoisotopic (exact) mass is 418 g/mol. The summed E-state index contributed by atoms with van der Waals surface area (Å²) in [4.78, 5) is 11.9. The van der Waals surface area contributed by atoms with Crippen molar-refractivity contribution in [2.24, 2.45) is 7.05 Å². The summed E-state index contributed by atoms with van der Waals surface area (Å²) in [6.45, 7) is 0. The summed E-state index contributed by atoms with van der Waals surface area (Å²) < 4.78 is 7.61. The molecule has 31 heavy (non-hydrogen) atoms. The van der Waals surface area contributed by atoms with Crippen molar-refractivity contribution in [3.05, 3.63) is 59.0 Å². The molecule has 0 aliphatic carbocycles. The van der Waals surface area contributed by atoms with Gasteiger partial charge in [-0.2, -0.15) is 0 Å². The number of ether oxygens (including phenoxy) is 1. The highest BCUT2D eigenvalue weighted by Crippen LogP contribution is 2.33. The van der Waals surface area contributed by atoms with E-state index in [4.69, 9.17) is 4.74 Å². The number of phenolic OH excluding ortho intramolecular Hbond substituents is 1. The second-order valence-corrected chi connectivity index (χ2v) is 8.56. The number of benzene rings is 1. The van der Waals surface area contributed by atoms with Crippen molar-refractivity contribution < 1.29 is 9.84 Å². The molecule has 4 heterocycles. The van der Waals surface area contributed by atoms with Crippen LogP contribution < -0.4 is 15.6 Å². The van der Waals surface area contributed by atoms with Gasteiger partial charge in [-0.25, -0.2) is 0 Å². The van der Waals surface area contributed by atoms with Gasteiger partial charge in [0, 0.05) is 43.0 Å². The molecule has 2 aromatic heterocycles. The molecule has 2 atom stereocenters. The highest BCUT2D eigenvalue weighted by molar-refractivity contribution is 5.74. The molecule has 2 fully saturated rings. The van der Waals surface area contributed by atoms with Crippen molar-refractivity contribution in [3.63, 3.8) is 0 Å². The second kappa shape index (κ2) is 8.15. The predicted molar refractivity (Wildman–Crippen MR) is 118 cm³/mol. The van der Waals surface area contributed by atoms with Gasteiger partial charge in [0.15, 0.2) is 0 Å². The molecule has 0 amide bonds. The van der Waals surface area contributed by atoms with E-state index in [9.17, 15) is 9.90 Å². The summed E-state index contributed by atoms with van der Waals surface area (Å²) in [5.74, 6) is 0.609. The van der Waals surface area contributed by atoms with Gasteiger partial charge in [0.25, 0.3) is 5.56 Å². The van der Waals surface area contributed by atoms with Gasteiger partial charge in [-0.3, -0.25) is 4.79 Å². The average molecular weight is 418 g/mol. The van der Waals surface area contributed by atoms with E-state index in [1.807, 2.05) is 24.3 Å². The zero-order chi connectivity index (χ0) is 21.4. The topological polar surface area (TPSA) is 89.3 Å². The highest BCUT2D eigenvalue weighted by atomic mass is 16.5. The zero-order valence-corrected chi connectivity index (χ0v) is 17.5. The van der Waals surface area contributed by atoms with Gasteiger partial charge < -0.3 is 19.7 Å². The summed E-state index contributed by atoms with van der Waals surface area (Å²) in [5, 5.41) is 22.7. The third-order valence-electron chi connectivity index (χ3n) is 6.31. The lowest BCUT2D eigenvalue weighted by Gasteiger charge is -2.39. The molecule has 7 nitrogen and oxygen atoms in total. The van der Waals surface area contributed by atoms with Gasteiger partial charge in [0.2, 0.25) is 5.88 Å². The number of aryl methyl sites for hydroxylation is 1. The van der Waals surface area contributed by atoms with E-state index in [2.05, 4.69) is 15.5 Å². The Morgan fingerprint density at radius 1 is 1.03 bits per heavy atom. The van der Waals surface area contributed by atoms with Crippen LogP contribution in [-0.4, -0.2) is 38.1 Å². The van der Waals surface area contributed by atoms with Crippen LogP contribution in [0.15, 0.2) is 53.5 Å². The van der Waals surface area contributed by atoms with Crippen LogP contribution in [0.3, 0.4) is 0 Å². The first-order valence-corrected chi connectivity index (χ1v) is 10.8. The maximum absolute atomic E-state index is 11.9. The number of nitrogens with one attached hydrogen (secondary N) is 1. The zero-order valence-electron chi connectivity index (χ0n) is 17.5. The molecule has 2 unspecified atom stereocenters. The number of fused-ring (bicyclic) bond motifs is 2. The van der Waals surface area contributed by atoms with Gasteiger partial charge in [0.05, 0.1) is 5.69 Å². The molecule has 2 aliphatic heterocycles. The van der Waals surface area contributed by atoms with Crippen LogP contribution in [0.2, 0.25) is 0 Å². The number of aromatic hydroxyl groups is 1. The second-order valence-electron chi connectivity index (χ2n) is 8.56. The Morgan fingerprint density at radius 3 is 2.48 bits per heavy atom. The van der Waals surface area contributed by atoms with Crippen LogP contribution in [-0.2, 0) is 7.05 Å². The van der Waals surface area contributed by atoms with E-state index in [1.165, 1.54) is 23.8 Å². The maximum Gasteiger partial charge on any atom is 0.250 e. The Bertz CT molecular complexity index is 1130. The molecule has 3 aromatic rings. The van der Waals surface area contributed by atoms with Crippen molar-refractivity contribution in [1.82, 2.24) is 20.1 Å². The van der Waals surface area contributed by atoms with E-state index in [-0.39, 0.29) is 17.4 Å². The fourth-order valence-corrected chi connectivity index (χ4v) is 4.66. The molecule has 2 aliphatic rings. The Morgan fingerprint density at radius 2 is 1.81 bits per heavy atom. The van der Waals surface area contributed by atoms with Gasteiger partial charge in [-0.05, 0) is 61.1 Å². The molecular formula is C24H26N4O3. The third-order valence-corrected chi connectivity index (χ3v) is 6.31. The Hall–Kier alpha value is -3.19. The van der Waals surface area contributed by atoms with E-state index in [0.29, 0.717) is 29.2 Å². The fourth-order valence-electron chi connectivity index (χ4n) is 4.66. The number of nitrogens with zero attached hydrogens (tertiary/aromatic N) is 3. The predicted octanol–water partition coefficient (Wildman–Crippen LogP) is 3.27. The smallest absolute Gasteiger partial charge is 0.250 e. The molecule has 2 N–H and O–H groups in total.